The maximum absolute atomic E-state index is 11.0. The molecule has 0 radical (unpaired) electrons. The van der Waals surface area contributed by atoms with Gasteiger partial charge in [0, 0.05) is 13.0 Å². The number of aryl methyl sites for hydroxylation is 1. The first-order valence-electron chi connectivity index (χ1n) is 6.59. The van der Waals surface area contributed by atoms with Gasteiger partial charge in [-0.1, -0.05) is 13.3 Å². The van der Waals surface area contributed by atoms with Gasteiger partial charge in [-0.3, -0.25) is 10.1 Å². The summed E-state index contributed by atoms with van der Waals surface area (Å²) in [5.74, 6) is 1.09. The van der Waals surface area contributed by atoms with Gasteiger partial charge in [0.15, 0.2) is 0 Å². The summed E-state index contributed by atoms with van der Waals surface area (Å²) in [7, 11) is 0. The lowest BCUT2D eigenvalue weighted by Crippen LogP contribution is -2.36. The molecule has 1 unspecified atom stereocenters. The Hall–Kier alpha value is -1.43. The highest BCUT2D eigenvalue weighted by Crippen LogP contribution is 2.14. The molecular weight excluding hydrogens is 232 g/mol. The fourth-order valence-corrected chi connectivity index (χ4v) is 2.32. The van der Waals surface area contributed by atoms with Crippen molar-refractivity contribution in [3.63, 3.8) is 0 Å². The van der Waals surface area contributed by atoms with Crippen LogP contribution in [0.25, 0.3) is 0 Å². The third-order valence-electron chi connectivity index (χ3n) is 3.32. The van der Waals surface area contributed by atoms with E-state index in [-0.39, 0.29) is 0 Å². The minimum absolute atomic E-state index is 0.476. The lowest BCUT2D eigenvalue weighted by molar-refractivity contribution is -0.139. The van der Waals surface area contributed by atoms with Crippen LogP contribution in [0.4, 0.5) is 0 Å². The molecular formula is C12H20N4O2. The van der Waals surface area contributed by atoms with Crippen molar-refractivity contribution in [2.45, 2.75) is 58.2 Å². The first-order valence-corrected chi connectivity index (χ1v) is 6.59. The molecule has 1 aliphatic heterocycles. The van der Waals surface area contributed by atoms with Gasteiger partial charge in [0.2, 0.25) is 0 Å². The van der Waals surface area contributed by atoms with Gasteiger partial charge in [0.1, 0.15) is 17.7 Å². The van der Waals surface area contributed by atoms with Crippen LogP contribution in [-0.4, -0.2) is 31.9 Å². The lowest BCUT2D eigenvalue weighted by Gasteiger charge is -2.16. The summed E-state index contributed by atoms with van der Waals surface area (Å²) in [6.07, 6.45) is 4.77. The Morgan fingerprint density at radius 2 is 2.33 bits per heavy atom. The van der Waals surface area contributed by atoms with Crippen molar-refractivity contribution in [2.24, 2.45) is 0 Å². The van der Waals surface area contributed by atoms with E-state index < -0.39 is 12.0 Å². The maximum atomic E-state index is 11.0. The first kappa shape index (κ1) is 13.0. The SMILES string of the molecule is CCCC(NCc1nnc2n1CCCC2)C(=O)O. The van der Waals surface area contributed by atoms with Crippen LogP contribution >= 0.6 is 0 Å². The van der Waals surface area contributed by atoms with Crippen LogP contribution in [0, 0.1) is 0 Å². The lowest BCUT2D eigenvalue weighted by atomic mass is 10.1. The Kier molecular flexibility index (Phi) is 4.30. The molecule has 0 spiro atoms. The van der Waals surface area contributed by atoms with Crippen LogP contribution < -0.4 is 5.32 Å². The van der Waals surface area contributed by atoms with Gasteiger partial charge in [-0.25, -0.2) is 0 Å². The summed E-state index contributed by atoms with van der Waals surface area (Å²) in [5, 5.41) is 20.4. The monoisotopic (exact) mass is 252 g/mol. The number of carboxylic acids is 1. The molecule has 2 heterocycles. The Morgan fingerprint density at radius 1 is 1.50 bits per heavy atom. The molecule has 18 heavy (non-hydrogen) atoms. The molecule has 1 aromatic heterocycles. The number of fused-ring (bicyclic) bond motifs is 1. The Morgan fingerprint density at radius 3 is 3.06 bits per heavy atom. The second-order valence-electron chi connectivity index (χ2n) is 4.70. The number of hydrogen-bond donors (Lipinski definition) is 2. The number of nitrogens with zero attached hydrogens (tertiary/aromatic N) is 3. The summed E-state index contributed by atoms with van der Waals surface area (Å²) in [4.78, 5) is 11.0. The molecule has 2 rings (SSSR count). The fraction of sp³-hybridized carbons (Fsp3) is 0.750. The Balaban J connectivity index is 1.97. The smallest absolute Gasteiger partial charge is 0.320 e. The predicted octanol–water partition coefficient (Wildman–Crippen LogP) is 0.957. The first-order chi connectivity index (χ1) is 8.72. The van der Waals surface area contributed by atoms with Crippen molar-refractivity contribution < 1.29 is 9.90 Å². The summed E-state index contributed by atoms with van der Waals surface area (Å²) < 4.78 is 2.11. The predicted molar refractivity (Wildman–Crippen MR) is 66.1 cm³/mol. The minimum Gasteiger partial charge on any atom is -0.480 e. The van der Waals surface area contributed by atoms with E-state index in [9.17, 15) is 4.79 Å². The van der Waals surface area contributed by atoms with Crippen LogP contribution in [0.3, 0.4) is 0 Å². The molecule has 0 aliphatic carbocycles. The highest BCUT2D eigenvalue weighted by molar-refractivity contribution is 5.73. The molecule has 0 fully saturated rings. The van der Waals surface area contributed by atoms with Crippen molar-refractivity contribution in [2.75, 3.05) is 0 Å². The molecule has 0 saturated carbocycles. The molecule has 6 heteroatoms. The average molecular weight is 252 g/mol. The number of carbonyl (C=O) groups is 1. The highest BCUT2D eigenvalue weighted by Gasteiger charge is 2.19. The van der Waals surface area contributed by atoms with Crippen molar-refractivity contribution >= 4 is 5.97 Å². The topological polar surface area (TPSA) is 80.0 Å². The number of hydrogen-bond acceptors (Lipinski definition) is 4. The van der Waals surface area contributed by atoms with Gasteiger partial charge >= 0.3 is 5.97 Å². The van der Waals surface area contributed by atoms with Crippen molar-refractivity contribution in [3.8, 4) is 0 Å². The van der Waals surface area contributed by atoms with E-state index in [2.05, 4.69) is 20.1 Å². The molecule has 1 aromatic rings. The van der Waals surface area contributed by atoms with Crippen LogP contribution in [0.5, 0.6) is 0 Å². The van der Waals surface area contributed by atoms with Crippen molar-refractivity contribution in [1.29, 1.82) is 0 Å². The molecule has 0 bridgehead atoms. The van der Waals surface area contributed by atoms with E-state index in [1.54, 1.807) is 0 Å². The third kappa shape index (κ3) is 2.87. The van der Waals surface area contributed by atoms with Gasteiger partial charge in [-0.05, 0) is 19.3 Å². The minimum atomic E-state index is -0.796. The van der Waals surface area contributed by atoms with E-state index in [4.69, 9.17) is 5.11 Å². The summed E-state index contributed by atoms with van der Waals surface area (Å²) in [5.41, 5.74) is 0. The summed E-state index contributed by atoms with van der Waals surface area (Å²) >= 11 is 0. The van der Waals surface area contributed by atoms with E-state index in [0.29, 0.717) is 13.0 Å². The number of carboxylic acid groups (broad SMARTS) is 1. The van der Waals surface area contributed by atoms with E-state index >= 15 is 0 Å². The van der Waals surface area contributed by atoms with Crippen LogP contribution in [-0.2, 0) is 24.3 Å². The van der Waals surface area contributed by atoms with Gasteiger partial charge in [-0.2, -0.15) is 0 Å². The zero-order chi connectivity index (χ0) is 13.0. The van der Waals surface area contributed by atoms with Crippen molar-refractivity contribution in [1.82, 2.24) is 20.1 Å². The van der Waals surface area contributed by atoms with Gasteiger partial charge in [-0.15, -0.1) is 10.2 Å². The third-order valence-corrected chi connectivity index (χ3v) is 3.32. The molecule has 6 nitrogen and oxygen atoms in total. The fourth-order valence-electron chi connectivity index (χ4n) is 2.32. The van der Waals surface area contributed by atoms with Gasteiger partial charge in [0.05, 0.1) is 6.54 Å². The van der Waals surface area contributed by atoms with E-state index in [1.165, 1.54) is 6.42 Å². The number of aromatic nitrogens is 3. The summed E-state index contributed by atoms with van der Waals surface area (Å²) in [6.45, 7) is 3.41. The molecule has 0 aromatic carbocycles. The van der Waals surface area contributed by atoms with E-state index in [0.717, 1.165) is 37.5 Å². The molecule has 0 saturated heterocycles. The quantitative estimate of drug-likeness (QED) is 0.788. The average Bonchev–Trinajstić information content (AvgIpc) is 2.77. The Labute approximate surface area is 106 Å². The normalized spacial score (nSPS) is 16.3. The second-order valence-corrected chi connectivity index (χ2v) is 4.70. The standard InChI is InChI=1S/C12H20N4O2/c1-2-5-9(12(17)18)13-8-11-15-14-10-6-3-4-7-16(10)11/h9,13H,2-8H2,1H3,(H,17,18). The largest absolute Gasteiger partial charge is 0.480 e. The van der Waals surface area contributed by atoms with Crippen molar-refractivity contribution in [3.05, 3.63) is 11.6 Å². The highest BCUT2D eigenvalue weighted by atomic mass is 16.4. The molecule has 1 atom stereocenters. The molecule has 1 aliphatic rings. The number of nitrogens with one attached hydrogen (secondary N) is 1. The maximum Gasteiger partial charge on any atom is 0.320 e. The molecule has 100 valence electrons. The summed E-state index contributed by atoms with van der Waals surface area (Å²) in [6, 6.07) is -0.494. The Bertz CT molecular complexity index is 416. The zero-order valence-electron chi connectivity index (χ0n) is 10.7. The van der Waals surface area contributed by atoms with Crippen LogP contribution in [0.15, 0.2) is 0 Å². The van der Waals surface area contributed by atoms with Gasteiger partial charge < -0.3 is 9.67 Å². The van der Waals surface area contributed by atoms with Gasteiger partial charge in [0.25, 0.3) is 0 Å². The van der Waals surface area contributed by atoms with E-state index in [1.807, 2.05) is 6.92 Å². The molecule has 2 N–H and O–H groups in total. The van der Waals surface area contributed by atoms with Crippen LogP contribution in [0.2, 0.25) is 0 Å². The zero-order valence-corrected chi connectivity index (χ0v) is 10.7. The number of aliphatic carboxylic acids is 1. The molecule has 0 amide bonds. The number of rotatable bonds is 6. The second kappa shape index (κ2) is 5.95. The van der Waals surface area contributed by atoms with Crippen LogP contribution in [0.1, 0.15) is 44.3 Å².